The van der Waals surface area contributed by atoms with E-state index in [1.807, 2.05) is 79.7 Å². The summed E-state index contributed by atoms with van der Waals surface area (Å²) in [5, 5.41) is 0.489. The summed E-state index contributed by atoms with van der Waals surface area (Å²) in [4.78, 5) is 13.2. The molecule has 0 bridgehead atoms. The number of ether oxygens (including phenoxy) is 2. The van der Waals surface area contributed by atoms with Crippen molar-refractivity contribution in [3.8, 4) is 0 Å². The lowest BCUT2D eigenvalue weighted by molar-refractivity contribution is -0.158. The van der Waals surface area contributed by atoms with E-state index >= 15 is 0 Å². The summed E-state index contributed by atoms with van der Waals surface area (Å²) in [6.45, 7) is 3.74. The van der Waals surface area contributed by atoms with Crippen LogP contribution in [0, 0.1) is 6.92 Å². The molecule has 0 aliphatic heterocycles. The lowest BCUT2D eigenvalue weighted by Crippen LogP contribution is -2.47. The van der Waals surface area contributed by atoms with Crippen LogP contribution in [0.2, 0.25) is 5.02 Å². The SMILES string of the molecule is CO[C@H](C)[C@H](N)C(=O)OC(c1ccccc1)(c1ccc(C)cc1)c1ccccc1Cl. The van der Waals surface area contributed by atoms with Gasteiger partial charge >= 0.3 is 5.97 Å². The molecular weight excluding hydrogens is 398 g/mol. The normalized spacial score (nSPS) is 15.1. The van der Waals surface area contributed by atoms with Crippen molar-refractivity contribution in [1.29, 1.82) is 0 Å². The molecule has 0 saturated carbocycles. The number of halogens is 1. The Balaban J connectivity index is 2.28. The van der Waals surface area contributed by atoms with E-state index < -0.39 is 23.7 Å². The second kappa shape index (κ2) is 9.43. The lowest BCUT2D eigenvalue weighted by Gasteiger charge is -2.37. The van der Waals surface area contributed by atoms with E-state index in [-0.39, 0.29) is 0 Å². The number of carbonyl (C=O) groups is 1. The van der Waals surface area contributed by atoms with Gasteiger partial charge in [-0.2, -0.15) is 0 Å². The molecule has 0 aromatic heterocycles. The minimum absolute atomic E-state index is 0.489. The molecular formula is C25H26ClNO3. The predicted molar refractivity (Wildman–Crippen MR) is 119 cm³/mol. The van der Waals surface area contributed by atoms with Crippen LogP contribution in [0.3, 0.4) is 0 Å². The molecule has 0 saturated heterocycles. The third-order valence-corrected chi connectivity index (χ3v) is 5.62. The Hall–Kier alpha value is -2.66. The summed E-state index contributed by atoms with van der Waals surface area (Å²) in [6.07, 6.45) is -0.504. The van der Waals surface area contributed by atoms with Crippen LogP contribution in [0.5, 0.6) is 0 Å². The maximum atomic E-state index is 13.2. The third kappa shape index (κ3) is 4.26. The molecule has 0 fully saturated rings. The fourth-order valence-corrected chi connectivity index (χ4v) is 3.68. The van der Waals surface area contributed by atoms with Crippen LogP contribution in [0.1, 0.15) is 29.2 Å². The number of hydrogen-bond donors (Lipinski definition) is 1. The van der Waals surface area contributed by atoms with Gasteiger partial charge in [0, 0.05) is 28.8 Å². The predicted octanol–water partition coefficient (Wildman–Crippen LogP) is 4.85. The van der Waals surface area contributed by atoms with E-state index in [0.717, 1.165) is 16.7 Å². The van der Waals surface area contributed by atoms with Gasteiger partial charge in [0.1, 0.15) is 6.04 Å². The van der Waals surface area contributed by atoms with Crippen molar-refractivity contribution in [3.63, 3.8) is 0 Å². The van der Waals surface area contributed by atoms with Gasteiger partial charge in [0.15, 0.2) is 5.60 Å². The van der Waals surface area contributed by atoms with E-state index in [4.69, 9.17) is 26.8 Å². The van der Waals surface area contributed by atoms with Crippen molar-refractivity contribution >= 4 is 17.6 Å². The molecule has 0 spiro atoms. The van der Waals surface area contributed by atoms with Gasteiger partial charge in [-0.05, 0) is 19.9 Å². The Kier molecular flexibility index (Phi) is 6.93. The van der Waals surface area contributed by atoms with Gasteiger partial charge < -0.3 is 15.2 Å². The Bertz CT molecular complexity index is 991. The largest absolute Gasteiger partial charge is 0.443 e. The van der Waals surface area contributed by atoms with Gasteiger partial charge in [-0.3, -0.25) is 4.79 Å². The summed E-state index contributed by atoms with van der Waals surface area (Å²) in [6, 6.07) is 23.8. The van der Waals surface area contributed by atoms with Crippen LogP contribution < -0.4 is 5.73 Å². The summed E-state index contributed by atoms with van der Waals surface area (Å²) >= 11 is 6.65. The molecule has 5 heteroatoms. The first-order chi connectivity index (χ1) is 14.4. The molecule has 156 valence electrons. The smallest absolute Gasteiger partial charge is 0.327 e. The van der Waals surface area contributed by atoms with E-state index in [9.17, 15) is 4.79 Å². The fraction of sp³-hybridized carbons (Fsp3) is 0.240. The van der Waals surface area contributed by atoms with Crippen LogP contribution in [0.15, 0.2) is 78.9 Å². The maximum absolute atomic E-state index is 13.2. The van der Waals surface area contributed by atoms with Gasteiger partial charge in [-0.15, -0.1) is 0 Å². The Morgan fingerprint density at radius 2 is 1.50 bits per heavy atom. The van der Waals surface area contributed by atoms with E-state index in [0.29, 0.717) is 10.6 Å². The molecule has 0 aliphatic carbocycles. The molecule has 0 aliphatic rings. The number of rotatable bonds is 7. The number of esters is 1. The minimum Gasteiger partial charge on any atom is -0.443 e. The van der Waals surface area contributed by atoms with E-state index in [1.54, 1.807) is 13.0 Å². The van der Waals surface area contributed by atoms with Crippen molar-refractivity contribution in [1.82, 2.24) is 0 Å². The van der Waals surface area contributed by atoms with Crippen molar-refractivity contribution in [3.05, 3.63) is 106 Å². The quantitative estimate of drug-likeness (QED) is 0.436. The van der Waals surface area contributed by atoms with Crippen LogP contribution in [0.25, 0.3) is 0 Å². The number of aryl methyl sites for hydroxylation is 1. The van der Waals surface area contributed by atoms with Gasteiger partial charge in [-0.1, -0.05) is 90.0 Å². The van der Waals surface area contributed by atoms with Gasteiger partial charge in [0.25, 0.3) is 0 Å². The van der Waals surface area contributed by atoms with Gasteiger partial charge in [-0.25, -0.2) is 0 Å². The molecule has 30 heavy (non-hydrogen) atoms. The second-order valence-electron chi connectivity index (χ2n) is 7.28. The molecule has 3 aromatic rings. The van der Waals surface area contributed by atoms with Crippen LogP contribution in [0.4, 0.5) is 0 Å². The highest BCUT2D eigenvalue weighted by atomic mass is 35.5. The van der Waals surface area contributed by atoms with Gasteiger partial charge in [0.2, 0.25) is 0 Å². The van der Waals surface area contributed by atoms with Crippen molar-refractivity contribution in [2.75, 3.05) is 7.11 Å². The molecule has 0 amide bonds. The van der Waals surface area contributed by atoms with Gasteiger partial charge in [0.05, 0.1) is 6.10 Å². The molecule has 3 aromatic carbocycles. The fourth-order valence-electron chi connectivity index (χ4n) is 3.42. The summed E-state index contributed by atoms with van der Waals surface area (Å²) in [5.41, 5.74) is 8.17. The number of hydrogen-bond acceptors (Lipinski definition) is 4. The Labute approximate surface area is 182 Å². The first kappa shape index (κ1) is 22.0. The number of nitrogens with two attached hydrogens (primary N) is 1. The molecule has 0 heterocycles. The molecule has 1 unspecified atom stereocenters. The van der Waals surface area contributed by atoms with Crippen molar-refractivity contribution in [2.24, 2.45) is 5.73 Å². The number of carbonyl (C=O) groups excluding carboxylic acids is 1. The average molecular weight is 424 g/mol. The van der Waals surface area contributed by atoms with E-state index in [2.05, 4.69) is 0 Å². The number of benzene rings is 3. The highest BCUT2D eigenvalue weighted by molar-refractivity contribution is 6.31. The van der Waals surface area contributed by atoms with Crippen LogP contribution in [-0.4, -0.2) is 25.2 Å². The van der Waals surface area contributed by atoms with Crippen LogP contribution in [-0.2, 0) is 19.9 Å². The van der Waals surface area contributed by atoms with Crippen molar-refractivity contribution in [2.45, 2.75) is 31.6 Å². The van der Waals surface area contributed by atoms with Crippen LogP contribution >= 0.6 is 11.6 Å². The standard InChI is InChI=1S/C25H26ClNO3/c1-17-13-15-20(16-14-17)25(19-9-5-4-6-10-19,21-11-7-8-12-22(21)26)30-24(28)23(27)18(2)29-3/h4-16,18,23H,27H2,1-3H3/t18-,23+,25?/m1/s1. The average Bonchev–Trinajstić information content (AvgIpc) is 2.78. The highest BCUT2D eigenvalue weighted by Crippen LogP contribution is 2.43. The molecule has 0 radical (unpaired) electrons. The monoisotopic (exact) mass is 423 g/mol. The lowest BCUT2D eigenvalue weighted by atomic mass is 9.79. The topological polar surface area (TPSA) is 61.5 Å². The second-order valence-corrected chi connectivity index (χ2v) is 7.69. The zero-order valence-corrected chi connectivity index (χ0v) is 18.1. The number of methoxy groups -OCH3 is 1. The first-order valence-corrected chi connectivity index (χ1v) is 10.2. The van der Waals surface area contributed by atoms with E-state index in [1.165, 1.54) is 7.11 Å². The first-order valence-electron chi connectivity index (χ1n) is 9.79. The summed E-state index contributed by atoms with van der Waals surface area (Å²) in [7, 11) is 1.51. The molecule has 2 N–H and O–H groups in total. The Morgan fingerprint density at radius 1 is 0.933 bits per heavy atom. The molecule has 3 rings (SSSR count). The molecule has 4 nitrogen and oxygen atoms in total. The minimum atomic E-state index is -1.27. The highest BCUT2D eigenvalue weighted by Gasteiger charge is 2.43. The van der Waals surface area contributed by atoms with Crippen molar-refractivity contribution < 1.29 is 14.3 Å². The summed E-state index contributed by atoms with van der Waals surface area (Å²) in [5.74, 6) is -0.575. The maximum Gasteiger partial charge on any atom is 0.327 e. The Morgan fingerprint density at radius 3 is 2.10 bits per heavy atom. The molecule has 3 atom stereocenters. The zero-order valence-electron chi connectivity index (χ0n) is 17.3. The summed E-state index contributed by atoms with van der Waals surface area (Å²) < 4.78 is 11.5. The third-order valence-electron chi connectivity index (χ3n) is 5.29. The zero-order chi connectivity index (χ0) is 21.7.